The average Bonchev–Trinajstić information content (AvgIpc) is 2.92. The van der Waals surface area contributed by atoms with E-state index in [4.69, 9.17) is 0 Å². The van der Waals surface area contributed by atoms with Crippen LogP contribution in [0.1, 0.15) is 6.42 Å². The Balaban J connectivity index is 1.88. The molecule has 0 bridgehead atoms. The molecule has 6 nitrogen and oxygen atoms in total. The highest BCUT2D eigenvalue weighted by atomic mass is 79.9. The van der Waals surface area contributed by atoms with E-state index in [-0.39, 0.29) is 25.7 Å². The number of carbonyl (C=O) groups excluding carboxylic acids is 2. The summed E-state index contributed by atoms with van der Waals surface area (Å²) >= 11 is 3.19. The van der Waals surface area contributed by atoms with Crippen LogP contribution in [0, 0.1) is 0 Å². The first-order valence-electron chi connectivity index (χ1n) is 6.05. The Bertz CT molecular complexity index is 546. The fourth-order valence-corrected chi connectivity index (χ4v) is 2.21. The summed E-state index contributed by atoms with van der Waals surface area (Å²) in [5.41, 5.74) is 0. The molecule has 1 aromatic rings. The van der Waals surface area contributed by atoms with Crippen LogP contribution in [-0.4, -0.2) is 57.3 Å². The summed E-state index contributed by atoms with van der Waals surface area (Å²) in [5.74, 6) is -0.845. The van der Waals surface area contributed by atoms with E-state index in [9.17, 15) is 22.8 Å². The molecular formula is C11H12BrF3N4O2. The fourth-order valence-electron chi connectivity index (χ4n) is 1.89. The van der Waals surface area contributed by atoms with Crippen molar-refractivity contribution in [1.29, 1.82) is 0 Å². The second-order valence-corrected chi connectivity index (χ2v) is 5.53. The highest BCUT2D eigenvalue weighted by Crippen LogP contribution is 2.21. The molecule has 0 N–H and O–H groups in total. The summed E-state index contributed by atoms with van der Waals surface area (Å²) in [6, 6.07) is 0. The van der Waals surface area contributed by atoms with Crippen LogP contribution in [0.5, 0.6) is 0 Å². The molecule has 0 aromatic carbocycles. The zero-order valence-electron chi connectivity index (χ0n) is 10.8. The summed E-state index contributed by atoms with van der Waals surface area (Å²) in [5, 5.41) is 3.91. The van der Waals surface area contributed by atoms with Crippen LogP contribution in [-0.2, 0) is 16.1 Å². The Morgan fingerprint density at radius 1 is 1.43 bits per heavy atom. The Kier molecular flexibility index (Phi) is 4.55. The molecule has 116 valence electrons. The fraction of sp³-hybridized carbons (Fsp3) is 0.545. The zero-order chi connectivity index (χ0) is 15.6. The number of alkyl halides is 3. The molecule has 1 aromatic heterocycles. The average molecular weight is 369 g/mol. The first kappa shape index (κ1) is 15.8. The zero-order valence-corrected chi connectivity index (χ0v) is 12.4. The molecule has 0 saturated carbocycles. The predicted molar refractivity (Wildman–Crippen MR) is 68.9 cm³/mol. The molecule has 0 unspecified atom stereocenters. The Hall–Kier alpha value is -1.58. The minimum absolute atomic E-state index is 0.0635. The van der Waals surface area contributed by atoms with Gasteiger partial charge >= 0.3 is 6.18 Å². The van der Waals surface area contributed by atoms with Crippen molar-refractivity contribution in [3.63, 3.8) is 0 Å². The number of halogens is 4. The van der Waals surface area contributed by atoms with E-state index in [1.54, 1.807) is 6.20 Å². The van der Waals surface area contributed by atoms with Gasteiger partial charge in [0.15, 0.2) is 0 Å². The number of nitrogens with zero attached hydrogens (tertiary/aromatic N) is 4. The van der Waals surface area contributed by atoms with Gasteiger partial charge in [-0.15, -0.1) is 0 Å². The molecule has 21 heavy (non-hydrogen) atoms. The third-order valence-electron chi connectivity index (χ3n) is 2.94. The van der Waals surface area contributed by atoms with Crippen molar-refractivity contribution in [3.05, 3.63) is 16.9 Å². The largest absolute Gasteiger partial charge is 0.390 e. The molecule has 2 rings (SSSR count). The van der Waals surface area contributed by atoms with Gasteiger partial charge in [-0.25, -0.2) is 0 Å². The van der Waals surface area contributed by atoms with Crippen LogP contribution in [0.15, 0.2) is 16.9 Å². The second kappa shape index (κ2) is 6.04. The first-order chi connectivity index (χ1) is 9.74. The van der Waals surface area contributed by atoms with Crippen LogP contribution in [0.3, 0.4) is 0 Å². The lowest BCUT2D eigenvalue weighted by atomic mass is 10.4. The van der Waals surface area contributed by atoms with E-state index < -0.39 is 25.0 Å². The van der Waals surface area contributed by atoms with E-state index in [0.29, 0.717) is 4.47 Å². The highest BCUT2D eigenvalue weighted by molar-refractivity contribution is 9.10. The standard InChI is InChI=1S/C11H12BrF3N4O2/c12-8-3-16-19(4-8)6-10(21)18-5-9(20)17(7-18)2-1-11(13,14)15/h3-4H,1-2,5-7H2. The maximum Gasteiger partial charge on any atom is 0.390 e. The molecule has 1 fully saturated rings. The van der Waals surface area contributed by atoms with Crippen molar-refractivity contribution in [1.82, 2.24) is 19.6 Å². The smallest absolute Gasteiger partial charge is 0.323 e. The van der Waals surface area contributed by atoms with Gasteiger partial charge in [0.25, 0.3) is 0 Å². The molecule has 1 aliphatic rings. The number of carbonyl (C=O) groups is 2. The van der Waals surface area contributed by atoms with Crippen LogP contribution >= 0.6 is 15.9 Å². The SMILES string of the molecule is O=C1CN(C(=O)Cn2cc(Br)cn2)CN1CCC(F)(F)F. The van der Waals surface area contributed by atoms with Gasteiger partial charge in [0.05, 0.1) is 23.8 Å². The van der Waals surface area contributed by atoms with Crippen molar-refractivity contribution in [2.45, 2.75) is 19.1 Å². The highest BCUT2D eigenvalue weighted by Gasteiger charge is 2.34. The second-order valence-electron chi connectivity index (χ2n) is 4.61. The van der Waals surface area contributed by atoms with E-state index >= 15 is 0 Å². The van der Waals surface area contributed by atoms with Gasteiger partial charge in [0, 0.05) is 12.7 Å². The maximum absolute atomic E-state index is 12.1. The Morgan fingerprint density at radius 2 is 2.14 bits per heavy atom. The normalized spacial score (nSPS) is 15.9. The Morgan fingerprint density at radius 3 is 2.71 bits per heavy atom. The topological polar surface area (TPSA) is 58.4 Å². The minimum atomic E-state index is -4.32. The summed E-state index contributed by atoms with van der Waals surface area (Å²) in [4.78, 5) is 25.8. The molecule has 0 aliphatic carbocycles. The van der Waals surface area contributed by atoms with Gasteiger partial charge in [-0.05, 0) is 15.9 Å². The molecule has 0 radical (unpaired) electrons. The molecule has 10 heteroatoms. The lowest BCUT2D eigenvalue weighted by Gasteiger charge is -2.18. The molecular weight excluding hydrogens is 357 g/mol. The van der Waals surface area contributed by atoms with Crippen LogP contribution in [0.4, 0.5) is 13.2 Å². The lowest BCUT2D eigenvalue weighted by molar-refractivity contribution is -0.142. The van der Waals surface area contributed by atoms with Crippen LogP contribution < -0.4 is 0 Å². The van der Waals surface area contributed by atoms with Gasteiger partial charge in [-0.3, -0.25) is 14.3 Å². The number of rotatable bonds is 4. The van der Waals surface area contributed by atoms with E-state index in [0.717, 1.165) is 4.90 Å². The van der Waals surface area contributed by atoms with Crippen LogP contribution in [0.25, 0.3) is 0 Å². The molecule has 2 heterocycles. The van der Waals surface area contributed by atoms with Crippen molar-refractivity contribution in [2.75, 3.05) is 19.8 Å². The summed E-state index contributed by atoms with van der Waals surface area (Å²) < 4.78 is 38.5. The van der Waals surface area contributed by atoms with E-state index in [1.807, 2.05) is 0 Å². The van der Waals surface area contributed by atoms with Crippen molar-refractivity contribution >= 4 is 27.7 Å². The predicted octanol–water partition coefficient (Wildman–Crippen LogP) is 1.23. The minimum Gasteiger partial charge on any atom is -0.323 e. The molecule has 1 aliphatic heterocycles. The number of aromatic nitrogens is 2. The van der Waals surface area contributed by atoms with Gasteiger partial charge in [0.1, 0.15) is 13.1 Å². The number of amides is 2. The van der Waals surface area contributed by atoms with Crippen LogP contribution in [0.2, 0.25) is 0 Å². The molecule has 2 amide bonds. The summed E-state index contributed by atoms with van der Waals surface area (Å²) in [6.45, 7) is -0.805. The molecule has 1 saturated heterocycles. The monoisotopic (exact) mass is 368 g/mol. The number of hydrogen-bond acceptors (Lipinski definition) is 3. The van der Waals surface area contributed by atoms with E-state index in [2.05, 4.69) is 21.0 Å². The quantitative estimate of drug-likeness (QED) is 0.802. The maximum atomic E-state index is 12.1. The summed E-state index contributed by atoms with van der Waals surface area (Å²) in [7, 11) is 0. The third kappa shape index (κ3) is 4.45. The van der Waals surface area contributed by atoms with Crippen molar-refractivity contribution in [3.8, 4) is 0 Å². The number of hydrogen-bond donors (Lipinski definition) is 0. The first-order valence-corrected chi connectivity index (χ1v) is 6.84. The van der Waals surface area contributed by atoms with Crippen molar-refractivity contribution < 1.29 is 22.8 Å². The van der Waals surface area contributed by atoms with Gasteiger partial charge in [-0.1, -0.05) is 0 Å². The lowest BCUT2D eigenvalue weighted by Crippen LogP contribution is -2.34. The molecule has 0 spiro atoms. The van der Waals surface area contributed by atoms with Gasteiger partial charge in [-0.2, -0.15) is 18.3 Å². The van der Waals surface area contributed by atoms with Crippen molar-refractivity contribution in [2.24, 2.45) is 0 Å². The van der Waals surface area contributed by atoms with Gasteiger partial charge < -0.3 is 9.80 Å². The Labute approximate surface area is 126 Å². The van der Waals surface area contributed by atoms with Gasteiger partial charge in [0.2, 0.25) is 11.8 Å². The van der Waals surface area contributed by atoms with E-state index in [1.165, 1.54) is 15.8 Å². The summed E-state index contributed by atoms with van der Waals surface area (Å²) in [6.07, 6.45) is -2.29. The molecule has 0 atom stereocenters. The third-order valence-corrected chi connectivity index (χ3v) is 3.35.